The van der Waals surface area contributed by atoms with Crippen LogP contribution < -0.4 is 5.32 Å². The summed E-state index contributed by atoms with van der Waals surface area (Å²) in [5.74, 6) is -0.392. The molecule has 0 saturated carbocycles. The second-order valence-corrected chi connectivity index (χ2v) is 10.4. The van der Waals surface area contributed by atoms with Crippen LogP contribution in [-0.4, -0.2) is 23.5 Å². The number of amides is 1. The Kier molecular flexibility index (Phi) is 6.01. The summed E-state index contributed by atoms with van der Waals surface area (Å²) in [6.45, 7) is 6.38. The summed E-state index contributed by atoms with van der Waals surface area (Å²) in [7, 11) is 0. The van der Waals surface area contributed by atoms with Crippen molar-refractivity contribution in [3.05, 3.63) is 83.6 Å². The molecular weight excluding hydrogens is 436 g/mol. The van der Waals surface area contributed by atoms with Crippen molar-refractivity contribution >= 4 is 39.2 Å². The minimum absolute atomic E-state index is 0.128. The summed E-state index contributed by atoms with van der Waals surface area (Å²) in [5, 5.41) is 5.64. The summed E-state index contributed by atoms with van der Waals surface area (Å²) in [6, 6.07) is 21.2. The molecule has 4 aromatic rings. The van der Waals surface area contributed by atoms with Gasteiger partial charge in [-0.15, -0.1) is 0 Å². The molecule has 0 bridgehead atoms. The number of carbonyl (C=O) groups excluding carboxylic acids is 2. The molecule has 1 atom stereocenters. The van der Waals surface area contributed by atoms with Crippen LogP contribution in [0.2, 0.25) is 0 Å². The Labute approximate surface area is 205 Å². The molecule has 5 nitrogen and oxygen atoms in total. The Morgan fingerprint density at radius 1 is 0.971 bits per heavy atom. The largest absolute Gasteiger partial charge is 0.452 e. The molecule has 0 spiro atoms. The van der Waals surface area contributed by atoms with Gasteiger partial charge in [0.1, 0.15) is 0 Å². The molecule has 1 aromatic heterocycles. The maximum absolute atomic E-state index is 13.4. The van der Waals surface area contributed by atoms with Crippen molar-refractivity contribution in [3.8, 4) is 0 Å². The van der Waals surface area contributed by atoms with Crippen LogP contribution in [0.25, 0.3) is 21.7 Å². The number of hydrogen-bond acceptors (Lipinski definition) is 4. The van der Waals surface area contributed by atoms with E-state index in [9.17, 15) is 9.59 Å². The molecule has 3 aromatic carbocycles. The van der Waals surface area contributed by atoms with Gasteiger partial charge in [0.15, 0.2) is 6.61 Å². The van der Waals surface area contributed by atoms with E-state index in [0.29, 0.717) is 17.2 Å². The van der Waals surface area contributed by atoms with Crippen LogP contribution in [-0.2, 0) is 22.4 Å². The minimum atomic E-state index is -0.470. The minimum Gasteiger partial charge on any atom is -0.452 e. The van der Waals surface area contributed by atoms with Gasteiger partial charge in [-0.25, -0.2) is 4.79 Å². The summed E-state index contributed by atoms with van der Waals surface area (Å²) in [4.78, 5) is 31.0. The fourth-order valence-corrected chi connectivity index (χ4v) is 5.08. The third kappa shape index (κ3) is 4.63. The molecule has 0 radical (unpaired) electrons. The summed E-state index contributed by atoms with van der Waals surface area (Å²) >= 11 is 0. The van der Waals surface area contributed by atoms with Gasteiger partial charge in [0.2, 0.25) is 0 Å². The Morgan fingerprint density at radius 3 is 2.49 bits per heavy atom. The lowest BCUT2D eigenvalue weighted by Crippen LogP contribution is -2.29. The molecule has 0 aliphatic heterocycles. The van der Waals surface area contributed by atoms with Crippen molar-refractivity contribution in [2.45, 2.75) is 40.0 Å². The smallest absolute Gasteiger partial charge is 0.339 e. The van der Waals surface area contributed by atoms with E-state index in [2.05, 4.69) is 26.1 Å². The maximum atomic E-state index is 13.4. The van der Waals surface area contributed by atoms with Crippen LogP contribution in [0.3, 0.4) is 0 Å². The van der Waals surface area contributed by atoms with Crippen molar-refractivity contribution in [2.24, 2.45) is 11.3 Å². The quantitative estimate of drug-likeness (QED) is 0.357. The summed E-state index contributed by atoms with van der Waals surface area (Å²) in [5.41, 5.74) is 4.10. The van der Waals surface area contributed by atoms with Gasteiger partial charge in [-0.2, -0.15) is 0 Å². The lowest BCUT2D eigenvalue weighted by atomic mass is 9.70. The van der Waals surface area contributed by atoms with E-state index in [1.807, 2.05) is 66.7 Å². The number of pyridine rings is 1. The Hall–Kier alpha value is -3.73. The fourth-order valence-electron chi connectivity index (χ4n) is 5.08. The molecule has 1 aliphatic rings. The lowest BCUT2D eigenvalue weighted by Gasteiger charge is -2.35. The Balaban J connectivity index is 1.40. The molecule has 1 amide bonds. The molecule has 0 fully saturated rings. The predicted octanol–water partition coefficient (Wildman–Crippen LogP) is 6.33. The number of ether oxygens (including phenoxy) is 1. The molecule has 1 heterocycles. The number of fused-ring (bicyclic) bond motifs is 3. The van der Waals surface area contributed by atoms with Crippen LogP contribution in [0.15, 0.2) is 66.7 Å². The van der Waals surface area contributed by atoms with Crippen molar-refractivity contribution in [1.29, 1.82) is 0 Å². The van der Waals surface area contributed by atoms with Gasteiger partial charge < -0.3 is 10.1 Å². The highest BCUT2D eigenvalue weighted by molar-refractivity contribution is 6.07. The van der Waals surface area contributed by atoms with Gasteiger partial charge in [0.05, 0.1) is 11.1 Å². The molecule has 178 valence electrons. The highest BCUT2D eigenvalue weighted by Gasteiger charge is 2.33. The fraction of sp³-hybridized carbons (Fsp3) is 0.300. The SMILES string of the molecule is CC(C)(C)C1CCc2nc3ccccc3c(C(=O)OCC(=O)Nc3cccc4ccccc34)c2C1. The third-order valence-electron chi connectivity index (χ3n) is 7.09. The topological polar surface area (TPSA) is 68.3 Å². The van der Waals surface area contributed by atoms with E-state index in [1.54, 1.807) is 0 Å². The number of anilines is 1. The maximum Gasteiger partial charge on any atom is 0.339 e. The molecule has 1 aliphatic carbocycles. The number of esters is 1. The first kappa shape index (κ1) is 23.0. The molecule has 35 heavy (non-hydrogen) atoms. The lowest BCUT2D eigenvalue weighted by molar-refractivity contribution is -0.119. The number of benzene rings is 3. The molecule has 5 rings (SSSR count). The Bertz CT molecular complexity index is 1430. The van der Waals surface area contributed by atoms with Gasteiger partial charge >= 0.3 is 5.97 Å². The summed E-state index contributed by atoms with van der Waals surface area (Å²) in [6.07, 6.45) is 2.66. The monoisotopic (exact) mass is 466 g/mol. The number of nitrogens with one attached hydrogen (secondary N) is 1. The second-order valence-electron chi connectivity index (χ2n) is 10.4. The molecule has 0 saturated heterocycles. The van der Waals surface area contributed by atoms with Crippen molar-refractivity contribution in [2.75, 3.05) is 11.9 Å². The number of aromatic nitrogens is 1. The van der Waals surface area contributed by atoms with E-state index in [0.717, 1.165) is 52.2 Å². The number of para-hydroxylation sites is 1. The predicted molar refractivity (Wildman–Crippen MR) is 140 cm³/mol. The van der Waals surface area contributed by atoms with E-state index < -0.39 is 5.97 Å². The number of rotatable bonds is 4. The normalized spacial score (nSPS) is 15.6. The van der Waals surface area contributed by atoms with Crippen molar-refractivity contribution in [3.63, 3.8) is 0 Å². The number of carbonyl (C=O) groups is 2. The number of nitrogens with zero attached hydrogens (tertiary/aromatic N) is 1. The van der Waals surface area contributed by atoms with E-state index in [4.69, 9.17) is 9.72 Å². The second kappa shape index (κ2) is 9.14. The van der Waals surface area contributed by atoms with Crippen LogP contribution >= 0.6 is 0 Å². The van der Waals surface area contributed by atoms with Gasteiger partial charge in [0.25, 0.3) is 5.91 Å². The Morgan fingerprint density at radius 2 is 1.69 bits per heavy atom. The van der Waals surface area contributed by atoms with Crippen molar-refractivity contribution < 1.29 is 14.3 Å². The highest BCUT2D eigenvalue weighted by atomic mass is 16.5. The number of hydrogen-bond donors (Lipinski definition) is 1. The zero-order valence-corrected chi connectivity index (χ0v) is 20.4. The van der Waals surface area contributed by atoms with Crippen molar-refractivity contribution in [1.82, 2.24) is 4.98 Å². The highest BCUT2D eigenvalue weighted by Crippen LogP contribution is 2.39. The van der Waals surface area contributed by atoms with Gasteiger partial charge in [-0.3, -0.25) is 9.78 Å². The van der Waals surface area contributed by atoms with Crippen LogP contribution in [0.1, 0.15) is 48.8 Å². The average Bonchev–Trinajstić information content (AvgIpc) is 2.85. The van der Waals surface area contributed by atoms with Gasteiger partial charge in [-0.1, -0.05) is 75.4 Å². The van der Waals surface area contributed by atoms with E-state index in [-0.39, 0.29) is 17.9 Å². The molecule has 1 unspecified atom stereocenters. The first-order chi connectivity index (χ1) is 16.8. The first-order valence-electron chi connectivity index (χ1n) is 12.2. The first-order valence-corrected chi connectivity index (χ1v) is 12.2. The van der Waals surface area contributed by atoms with E-state index in [1.165, 1.54) is 0 Å². The number of aryl methyl sites for hydroxylation is 1. The van der Waals surface area contributed by atoms with Crippen LogP contribution in [0.5, 0.6) is 0 Å². The van der Waals surface area contributed by atoms with Crippen LogP contribution in [0.4, 0.5) is 5.69 Å². The summed E-state index contributed by atoms with van der Waals surface area (Å²) < 4.78 is 5.59. The third-order valence-corrected chi connectivity index (χ3v) is 7.09. The van der Waals surface area contributed by atoms with Crippen LogP contribution in [0, 0.1) is 11.3 Å². The standard InChI is InChI=1S/C30H30N2O3/c1-30(2,3)20-15-16-26-23(17-20)28(22-12-6-7-13-25(22)31-26)29(34)35-18-27(33)32-24-14-8-10-19-9-4-5-11-21(19)24/h4-14,20H,15-18H2,1-3H3,(H,32,33). The molecule has 5 heteroatoms. The zero-order chi connectivity index (χ0) is 24.6. The van der Waals surface area contributed by atoms with Gasteiger partial charge in [0, 0.05) is 22.2 Å². The van der Waals surface area contributed by atoms with E-state index >= 15 is 0 Å². The zero-order valence-electron chi connectivity index (χ0n) is 20.4. The molecular formula is C30H30N2O3. The average molecular weight is 467 g/mol. The molecule has 1 N–H and O–H groups in total. The van der Waals surface area contributed by atoms with Gasteiger partial charge in [-0.05, 0) is 53.7 Å².